The number of nitrogens with one attached hydrogen (secondary N) is 2. The number of primary amides is 1. The highest BCUT2D eigenvalue weighted by molar-refractivity contribution is 9.10. The van der Waals surface area contributed by atoms with Gasteiger partial charge < -0.3 is 22.5 Å². The van der Waals surface area contributed by atoms with Crippen LogP contribution in [0.15, 0.2) is 69.0 Å². The van der Waals surface area contributed by atoms with Gasteiger partial charge in [-0.3, -0.25) is 14.6 Å². The topological polar surface area (TPSA) is 183 Å². The summed E-state index contributed by atoms with van der Waals surface area (Å²) in [6.07, 6.45) is 0.567. The maximum atomic E-state index is 13.0. The molecule has 0 saturated heterocycles. The van der Waals surface area contributed by atoms with Gasteiger partial charge in [-0.15, -0.1) is 0 Å². The first-order valence-electron chi connectivity index (χ1n) is 10.1. The molecule has 33 heavy (non-hydrogen) atoms. The van der Waals surface area contributed by atoms with E-state index in [0.29, 0.717) is 10.9 Å². The van der Waals surface area contributed by atoms with Crippen LogP contribution in [0.25, 0.3) is 0 Å². The standard InChI is InChI=1S/C21H27BrN6O4S/c22-15-9-4-5-11-18(15)33(31,32)28-16(10-6-12-26-21(24)25)20(30)27-17(19(23)29)13-14-7-2-1-3-8-14/h1-5,7-9,11,16-17,28H,6,10,12-13H2,(H2,23,29)(H,27,30)(H4,24,25,26). The minimum atomic E-state index is -4.06. The fraction of sp³-hybridized carbons (Fsp3) is 0.286. The number of carbonyl (C=O) groups is 2. The lowest BCUT2D eigenvalue weighted by atomic mass is 10.0. The molecule has 2 atom stereocenters. The van der Waals surface area contributed by atoms with E-state index >= 15 is 0 Å². The summed E-state index contributed by atoms with van der Waals surface area (Å²) < 4.78 is 28.6. The molecule has 2 amide bonds. The van der Waals surface area contributed by atoms with Crippen LogP contribution in [0, 0.1) is 0 Å². The van der Waals surface area contributed by atoms with Gasteiger partial charge in [-0.05, 0) is 46.5 Å². The second-order valence-electron chi connectivity index (χ2n) is 7.21. The zero-order chi connectivity index (χ0) is 24.4. The van der Waals surface area contributed by atoms with E-state index in [1.54, 1.807) is 42.5 Å². The quantitative estimate of drug-likeness (QED) is 0.147. The minimum absolute atomic E-state index is 0.0252. The number of benzene rings is 2. The Bertz CT molecular complexity index is 1090. The zero-order valence-corrected chi connectivity index (χ0v) is 20.2. The van der Waals surface area contributed by atoms with E-state index in [2.05, 4.69) is 31.0 Å². The van der Waals surface area contributed by atoms with Gasteiger partial charge in [0.2, 0.25) is 21.8 Å². The summed E-state index contributed by atoms with van der Waals surface area (Å²) >= 11 is 3.21. The molecule has 0 bridgehead atoms. The third-order valence-corrected chi connectivity index (χ3v) is 7.11. The summed E-state index contributed by atoms with van der Waals surface area (Å²) in [6, 6.07) is 13.0. The number of halogens is 1. The normalized spacial score (nSPS) is 13.0. The maximum Gasteiger partial charge on any atom is 0.242 e. The molecular formula is C21H27BrN6O4S. The molecule has 0 heterocycles. The second-order valence-corrected chi connectivity index (χ2v) is 9.74. The van der Waals surface area contributed by atoms with E-state index in [4.69, 9.17) is 17.2 Å². The van der Waals surface area contributed by atoms with Crippen LogP contribution in [0.1, 0.15) is 18.4 Å². The molecule has 0 spiro atoms. The van der Waals surface area contributed by atoms with Crippen molar-refractivity contribution in [2.75, 3.05) is 6.54 Å². The van der Waals surface area contributed by atoms with E-state index in [-0.39, 0.29) is 30.2 Å². The van der Waals surface area contributed by atoms with Crippen molar-refractivity contribution in [1.82, 2.24) is 10.0 Å². The second kappa shape index (κ2) is 12.3. The molecule has 0 aliphatic heterocycles. The molecule has 0 radical (unpaired) electrons. The predicted octanol–water partition coefficient (Wildman–Crippen LogP) is 0.362. The summed E-state index contributed by atoms with van der Waals surface area (Å²) in [6.45, 7) is 0.201. The molecule has 2 aromatic rings. The first-order chi connectivity index (χ1) is 15.6. The van der Waals surface area contributed by atoms with Crippen LogP contribution >= 0.6 is 15.9 Å². The molecule has 0 aromatic heterocycles. The van der Waals surface area contributed by atoms with Crippen molar-refractivity contribution in [3.8, 4) is 0 Å². The van der Waals surface area contributed by atoms with Gasteiger partial charge >= 0.3 is 0 Å². The molecule has 0 aliphatic rings. The number of carbonyl (C=O) groups excluding carboxylic acids is 2. The summed E-state index contributed by atoms with van der Waals surface area (Å²) in [5.74, 6) is -1.53. The molecule has 0 fully saturated rings. The first-order valence-corrected chi connectivity index (χ1v) is 12.3. The number of nitrogens with zero attached hydrogens (tertiary/aromatic N) is 1. The summed E-state index contributed by atoms with van der Waals surface area (Å²) in [5, 5.41) is 2.57. The Hall–Kier alpha value is -2.96. The Morgan fingerprint density at radius 3 is 2.21 bits per heavy atom. The third kappa shape index (κ3) is 8.48. The van der Waals surface area contributed by atoms with Crippen LogP contribution in [-0.2, 0) is 26.0 Å². The van der Waals surface area contributed by atoms with Crippen LogP contribution in [0.3, 0.4) is 0 Å². The molecule has 2 aromatic carbocycles. The predicted molar refractivity (Wildman–Crippen MR) is 129 cm³/mol. The molecule has 0 saturated carbocycles. The van der Waals surface area contributed by atoms with Gasteiger partial charge in [-0.2, -0.15) is 4.72 Å². The zero-order valence-electron chi connectivity index (χ0n) is 17.8. The first kappa shape index (κ1) is 26.3. The van der Waals surface area contributed by atoms with Crippen molar-refractivity contribution in [2.45, 2.75) is 36.2 Å². The molecule has 178 valence electrons. The molecule has 10 nitrogen and oxygen atoms in total. The molecule has 2 rings (SSSR count). The van der Waals surface area contributed by atoms with Gasteiger partial charge in [0, 0.05) is 17.4 Å². The van der Waals surface area contributed by atoms with E-state index in [0.717, 1.165) is 5.56 Å². The molecule has 0 aliphatic carbocycles. The van der Waals surface area contributed by atoms with Crippen molar-refractivity contribution in [3.63, 3.8) is 0 Å². The van der Waals surface area contributed by atoms with Gasteiger partial charge in [0.05, 0.1) is 4.90 Å². The Labute approximate surface area is 201 Å². The Balaban J connectivity index is 2.21. The highest BCUT2D eigenvalue weighted by atomic mass is 79.9. The highest BCUT2D eigenvalue weighted by Gasteiger charge is 2.29. The highest BCUT2D eigenvalue weighted by Crippen LogP contribution is 2.21. The lowest BCUT2D eigenvalue weighted by Gasteiger charge is -2.22. The van der Waals surface area contributed by atoms with E-state index in [9.17, 15) is 18.0 Å². The van der Waals surface area contributed by atoms with Gasteiger partial charge in [0.15, 0.2) is 5.96 Å². The van der Waals surface area contributed by atoms with E-state index < -0.39 is 33.9 Å². The fourth-order valence-corrected chi connectivity index (χ4v) is 5.24. The minimum Gasteiger partial charge on any atom is -0.370 e. The maximum absolute atomic E-state index is 13.0. The third-order valence-electron chi connectivity index (χ3n) is 4.63. The Morgan fingerprint density at radius 1 is 0.970 bits per heavy atom. The number of hydrogen-bond donors (Lipinski definition) is 5. The van der Waals surface area contributed by atoms with Crippen LogP contribution in [0.2, 0.25) is 0 Å². The monoisotopic (exact) mass is 538 g/mol. The van der Waals surface area contributed by atoms with Crippen LogP contribution in [-0.4, -0.2) is 44.8 Å². The Kier molecular flexibility index (Phi) is 9.82. The Morgan fingerprint density at radius 2 is 1.61 bits per heavy atom. The number of nitrogens with two attached hydrogens (primary N) is 3. The van der Waals surface area contributed by atoms with Crippen molar-refractivity contribution < 1.29 is 18.0 Å². The van der Waals surface area contributed by atoms with Crippen LogP contribution in [0.4, 0.5) is 0 Å². The van der Waals surface area contributed by atoms with Crippen molar-refractivity contribution in [3.05, 3.63) is 64.6 Å². The smallest absolute Gasteiger partial charge is 0.242 e. The average Bonchev–Trinajstić information content (AvgIpc) is 2.76. The number of amides is 2. The van der Waals surface area contributed by atoms with Crippen molar-refractivity contribution in [1.29, 1.82) is 0 Å². The van der Waals surface area contributed by atoms with Gasteiger partial charge in [0.25, 0.3) is 0 Å². The lowest BCUT2D eigenvalue weighted by molar-refractivity contribution is -0.128. The van der Waals surface area contributed by atoms with Crippen molar-refractivity contribution in [2.24, 2.45) is 22.2 Å². The van der Waals surface area contributed by atoms with E-state index in [1.807, 2.05) is 6.07 Å². The average molecular weight is 539 g/mol. The molecule has 12 heteroatoms. The van der Waals surface area contributed by atoms with Gasteiger partial charge in [-0.1, -0.05) is 42.5 Å². The van der Waals surface area contributed by atoms with E-state index in [1.165, 1.54) is 6.07 Å². The number of sulfonamides is 1. The number of rotatable bonds is 12. The fourth-order valence-electron chi connectivity index (χ4n) is 3.01. The largest absolute Gasteiger partial charge is 0.370 e. The van der Waals surface area contributed by atoms with Gasteiger partial charge in [-0.25, -0.2) is 8.42 Å². The SMILES string of the molecule is NC(=O)C(Cc1ccccc1)NC(=O)C(CCCN=C(N)N)NS(=O)(=O)c1ccccc1Br. The molecular weight excluding hydrogens is 512 g/mol. The summed E-state index contributed by atoms with van der Waals surface area (Å²) in [5.41, 5.74) is 16.9. The van der Waals surface area contributed by atoms with Crippen LogP contribution in [0.5, 0.6) is 0 Å². The number of guanidine groups is 1. The van der Waals surface area contributed by atoms with Crippen LogP contribution < -0.4 is 27.2 Å². The van der Waals surface area contributed by atoms with Gasteiger partial charge in [0.1, 0.15) is 12.1 Å². The number of hydrogen-bond acceptors (Lipinski definition) is 5. The summed E-state index contributed by atoms with van der Waals surface area (Å²) in [4.78, 5) is 28.8. The van der Waals surface area contributed by atoms with Crippen molar-refractivity contribution >= 4 is 43.7 Å². The number of aliphatic imine (C=N–C) groups is 1. The molecule has 2 unspecified atom stereocenters. The molecule has 8 N–H and O–H groups in total. The summed E-state index contributed by atoms with van der Waals surface area (Å²) in [7, 11) is -4.06. The lowest BCUT2D eigenvalue weighted by Crippen LogP contribution is -2.53.